The Morgan fingerprint density at radius 1 is 1.17 bits per heavy atom. The maximum absolute atomic E-state index is 11.1. The largest absolute Gasteiger partial charge is 0.493 e. The molecule has 2 aromatic carbocycles. The van der Waals surface area contributed by atoms with Crippen LogP contribution in [-0.2, 0) is 6.54 Å². The number of imidazole rings is 1. The number of carbonyl (C=O) groups is 1. The smallest absolute Gasteiger partial charge is 0.339 e. The first kappa shape index (κ1) is 15.1. The summed E-state index contributed by atoms with van der Waals surface area (Å²) in [6.45, 7) is 3.22. The van der Waals surface area contributed by atoms with Crippen molar-refractivity contribution in [2.75, 3.05) is 6.61 Å². The molecule has 1 N–H and O–H groups in total. The van der Waals surface area contributed by atoms with Crippen LogP contribution in [-0.4, -0.2) is 27.2 Å². The number of aryl methyl sites for hydroxylation is 2. The molecule has 23 heavy (non-hydrogen) atoms. The number of hydrogen-bond donors (Lipinski definition) is 1. The quantitative estimate of drug-likeness (QED) is 0.708. The number of rotatable bonds is 6. The average Bonchev–Trinajstić information content (AvgIpc) is 2.87. The summed E-state index contributed by atoms with van der Waals surface area (Å²) >= 11 is 0. The number of carboxylic acids is 1. The molecule has 0 saturated heterocycles. The van der Waals surface area contributed by atoms with E-state index in [1.165, 1.54) is 0 Å². The van der Waals surface area contributed by atoms with Gasteiger partial charge in [-0.1, -0.05) is 24.3 Å². The number of ether oxygens (including phenoxy) is 1. The lowest BCUT2D eigenvalue weighted by Gasteiger charge is -2.10. The first-order valence-corrected chi connectivity index (χ1v) is 7.54. The van der Waals surface area contributed by atoms with Gasteiger partial charge in [-0.05, 0) is 37.6 Å². The zero-order chi connectivity index (χ0) is 16.2. The molecule has 0 atom stereocenters. The fraction of sp³-hybridized carbons (Fsp3) is 0.222. The molecule has 0 aliphatic carbocycles. The van der Waals surface area contributed by atoms with Crippen molar-refractivity contribution in [3.63, 3.8) is 0 Å². The molecule has 1 aromatic heterocycles. The van der Waals surface area contributed by atoms with Gasteiger partial charge in [-0.2, -0.15) is 0 Å². The summed E-state index contributed by atoms with van der Waals surface area (Å²) in [5.41, 5.74) is 2.29. The molecule has 3 aromatic rings. The summed E-state index contributed by atoms with van der Waals surface area (Å²) in [4.78, 5) is 15.7. The third kappa shape index (κ3) is 3.18. The van der Waals surface area contributed by atoms with E-state index >= 15 is 0 Å². The molecule has 118 valence electrons. The maximum atomic E-state index is 11.1. The van der Waals surface area contributed by atoms with Crippen LogP contribution in [0.3, 0.4) is 0 Å². The lowest BCUT2D eigenvalue weighted by Crippen LogP contribution is -2.08. The Morgan fingerprint density at radius 3 is 2.74 bits per heavy atom. The van der Waals surface area contributed by atoms with Crippen LogP contribution in [0, 0.1) is 6.92 Å². The van der Waals surface area contributed by atoms with Crippen LogP contribution < -0.4 is 4.74 Å². The summed E-state index contributed by atoms with van der Waals surface area (Å²) in [7, 11) is 0. The van der Waals surface area contributed by atoms with Gasteiger partial charge in [-0.15, -0.1) is 0 Å². The van der Waals surface area contributed by atoms with Crippen LogP contribution in [0.25, 0.3) is 11.0 Å². The highest BCUT2D eigenvalue weighted by molar-refractivity contribution is 5.90. The van der Waals surface area contributed by atoms with Gasteiger partial charge in [0.1, 0.15) is 17.1 Å². The normalized spacial score (nSPS) is 10.8. The van der Waals surface area contributed by atoms with Gasteiger partial charge < -0.3 is 14.4 Å². The Balaban J connectivity index is 1.64. The predicted octanol–water partition coefficient (Wildman–Crippen LogP) is 3.51. The van der Waals surface area contributed by atoms with E-state index in [4.69, 9.17) is 9.84 Å². The number of hydrogen-bond acceptors (Lipinski definition) is 3. The molecular formula is C18H18N2O3. The molecule has 0 amide bonds. The molecule has 0 saturated carbocycles. The summed E-state index contributed by atoms with van der Waals surface area (Å²) in [5.74, 6) is 0.404. The summed E-state index contributed by atoms with van der Waals surface area (Å²) in [5, 5.41) is 9.13. The fourth-order valence-corrected chi connectivity index (χ4v) is 2.65. The van der Waals surface area contributed by atoms with E-state index in [9.17, 15) is 4.79 Å². The van der Waals surface area contributed by atoms with Crippen LogP contribution in [0.4, 0.5) is 0 Å². The Labute approximate surface area is 134 Å². The van der Waals surface area contributed by atoms with Crippen molar-refractivity contribution < 1.29 is 14.6 Å². The van der Waals surface area contributed by atoms with Crippen molar-refractivity contribution in [2.24, 2.45) is 0 Å². The van der Waals surface area contributed by atoms with Crippen LogP contribution in [0.1, 0.15) is 22.6 Å². The van der Waals surface area contributed by atoms with Gasteiger partial charge in [0.25, 0.3) is 0 Å². The molecule has 0 radical (unpaired) electrons. The van der Waals surface area contributed by atoms with Gasteiger partial charge in [0.2, 0.25) is 0 Å². The van der Waals surface area contributed by atoms with Crippen molar-refractivity contribution in [3.8, 4) is 5.75 Å². The van der Waals surface area contributed by atoms with Gasteiger partial charge in [0.15, 0.2) is 0 Å². The minimum Gasteiger partial charge on any atom is -0.493 e. The molecule has 3 rings (SSSR count). The van der Waals surface area contributed by atoms with E-state index < -0.39 is 5.97 Å². The molecule has 0 aliphatic rings. The monoisotopic (exact) mass is 310 g/mol. The number of benzene rings is 2. The van der Waals surface area contributed by atoms with Crippen molar-refractivity contribution in [3.05, 3.63) is 59.9 Å². The second-order valence-corrected chi connectivity index (χ2v) is 5.30. The molecule has 0 unspecified atom stereocenters. The van der Waals surface area contributed by atoms with E-state index in [0.717, 1.165) is 29.8 Å². The lowest BCUT2D eigenvalue weighted by molar-refractivity contribution is 0.0692. The van der Waals surface area contributed by atoms with E-state index in [0.29, 0.717) is 12.4 Å². The fourth-order valence-electron chi connectivity index (χ4n) is 2.65. The Morgan fingerprint density at radius 2 is 1.91 bits per heavy atom. The number of nitrogens with zero attached hydrogens (tertiary/aromatic N) is 2. The third-order valence-electron chi connectivity index (χ3n) is 3.75. The van der Waals surface area contributed by atoms with E-state index in [1.807, 2.05) is 25.1 Å². The highest BCUT2D eigenvalue weighted by Gasteiger charge is 2.10. The van der Waals surface area contributed by atoms with Crippen LogP contribution >= 0.6 is 0 Å². The van der Waals surface area contributed by atoms with Crippen LogP contribution in [0.2, 0.25) is 0 Å². The number of carboxylic acid groups (broad SMARTS) is 1. The molecule has 0 bridgehead atoms. The number of fused-ring (bicyclic) bond motifs is 1. The van der Waals surface area contributed by atoms with Crippen LogP contribution in [0.15, 0.2) is 48.5 Å². The third-order valence-corrected chi connectivity index (χ3v) is 3.75. The topological polar surface area (TPSA) is 64.4 Å². The van der Waals surface area contributed by atoms with Crippen molar-refractivity contribution in [2.45, 2.75) is 19.9 Å². The van der Waals surface area contributed by atoms with Gasteiger partial charge in [0.05, 0.1) is 17.6 Å². The molecule has 5 heteroatoms. The number of aromatic carboxylic acids is 1. The molecule has 0 aliphatic heterocycles. The second-order valence-electron chi connectivity index (χ2n) is 5.30. The summed E-state index contributed by atoms with van der Waals surface area (Å²) in [6.07, 6.45) is 0.773. The van der Waals surface area contributed by atoms with Crippen LogP contribution in [0.5, 0.6) is 5.75 Å². The number of para-hydroxylation sites is 3. The Kier molecular flexibility index (Phi) is 4.28. The highest BCUT2D eigenvalue weighted by atomic mass is 16.5. The minimum atomic E-state index is -0.975. The molecule has 0 spiro atoms. The molecule has 1 heterocycles. The molecule has 5 nitrogen and oxygen atoms in total. The minimum absolute atomic E-state index is 0.191. The van der Waals surface area contributed by atoms with Gasteiger partial charge in [-0.3, -0.25) is 0 Å². The summed E-state index contributed by atoms with van der Waals surface area (Å²) in [6, 6.07) is 14.7. The lowest BCUT2D eigenvalue weighted by atomic mass is 10.2. The average molecular weight is 310 g/mol. The molecule has 0 fully saturated rings. The Bertz CT molecular complexity index is 839. The Hall–Kier alpha value is -2.82. The van der Waals surface area contributed by atoms with Gasteiger partial charge in [-0.25, -0.2) is 9.78 Å². The van der Waals surface area contributed by atoms with Crippen molar-refractivity contribution in [1.29, 1.82) is 0 Å². The first-order chi connectivity index (χ1) is 11.2. The van der Waals surface area contributed by atoms with Crippen molar-refractivity contribution >= 4 is 17.0 Å². The van der Waals surface area contributed by atoms with E-state index in [-0.39, 0.29) is 5.56 Å². The maximum Gasteiger partial charge on any atom is 0.339 e. The summed E-state index contributed by atoms with van der Waals surface area (Å²) < 4.78 is 7.79. The standard InChI is InChI=1S/C18H18N2O3/c1-13-19-15-8-3-4-9-16(15)20(13)11-6-12-23-17-10-5-2-7-14(17)18(21)22/h2-5,7-10H,6,11-12H2,1H3,(H,21,22). The second kappa shape index (κ2) is 6.52. The van der Waals surface area contributed by atoms with E-state index in [1.54, 1.807) is 24.3 Å². The number of aromatic nitrogens is 2. The molecular weight excluding hydrogens is 292 g/mol. The first-order valence-electron chi connectivity index (χ1n) is 7.54. The van der Waals surface area contributed by atoms with Gasteiger partial charge >= 0.3 is 5.97 Å². The SMILES string of the molecule is Cc1nc2ccccc2n1CCCOc1ccccc1C(=O)O. The zero-order valence-electron chi connectivity index (χ0n) is 12.9. The predicted molar refractivity (Wildman–Crippen MR) is 88.0 cm³/mol. The van der Waals surface area contributed by atoms with Gasteiger partial charge in [0, 0.05) is 6.54 Å². The van der Waals surface area contributed by atoms with Crippen molar-refractivity contribution in [1.82, 2.24) is 9.55 Å². The highest BCUT2D eigenvalue weighted by Crippen LogP contribution is 2.19. The van der Waals surface area contributed by atoms with E-state index in [2.05, 4.69) is 15.6 Å². The zero-order valence-corrected chi connectivity index (χ0v) is 12.9.